The molecule has 0 aliphatic rings. The number of esters is 1. The van der Waals surface area contributed by atoms with Crippen molar-refractivity contribution in [1.82, 2.24) is 0 Å². The van der Waals surface area contributed by atoms with Gasteiger partial charge in [0.1, 0.15) is 5.75 Å². The van der Waals surface area contributed by atoms with E-state index >= 15 is 0 Å². The number of rotatable bonds is 3. The normalized spacial score (nSPS) is 10.3. The van der Waals surface area contributed by atoms with E-state index in [2.05, 4.69) is 6.07 Å². The van der Waals surface area contributed by atoms with Crippen molar-refractivity contribution >= 4 is 5.97 Å². The summed E-state index contributed by atoms with van der Waals surface area (Å²) in [6.07, 6.45) is 0.299. The number of carbonyl (C=O) groups is 1. The lowest BCUT2D eigenvalue weighted by atomic mass is 10.1. The van der Waals surface area contributed by atoms with E-state index in [1.807, 2.05) is 57.2 Å². The second-order valence-electron chi connectivity index (χ2n) is 4.84. The average Bonchev–Trinajstić information content (AvgIpc) is 2.36. The monoisotopic (exact) mass is 254 g/mol. The van der Waals surface area contributed by atoms with Crippen molar-refractivity contribution in [3.63, 3.8) is 0 Å². The smallest absolute Gasteiger partial charge is 0.315 e. The number of hydrogen-bond acceptors (Lipinski definition) is 2. The Balaban J connectivity index is 2.11. The van der Waals surface area contributed by atoms with E-state index < -0.39 is 0 Å². The molecule has 0 aromatic heterocycles. The molecule has 19 heavy (non-hydrogen) atoms. The van der Waals surface area contributed by atoms with Crippen LogP contribution in [0.25, 0.3) is 0 Å². The van der Waals surface area contributed by atoms with Gasteiger partial charge in [-0.1, -0.05) is 36.4 Å². The molecule has 0 aliphatic carbocycles. The van der Waals surface area contributed by atoms with Crippen LogP contribution in [0.15, 0.2) is 42.5 Å². The summed E-state index contributed by atoms with van der Waals surface area (Å²) in [6, 6.07) is 13.6. The van der Waals surface area contributed by atoms with Crippen molar-refractivity contribution in [2.45, 2.75) is 27.2 Å². The molecule has 0 atom stereocenters. The summed E-state index contributed by atoms with van der Waals surface area (Å²) in [5, 5.41) is 0. The Hall–Kier alpha value is -2.09. The zero-order chi connectivity index (χ0) is 13.8. The summed E-state index contributed by atoms with van der Waals surface area (Å²) in [5.41, 5.74) is 4.23. The number of carbonyl (C=O) groups excluding carboxylic acids is 1. The zero-order valence-corrected chi connectivity index (χ0v) is 11.6. The number of ether oxygens (including phenoxy) is 1. The molecule has 0 bridgehead atoms. The number of benzene rings is 2. The first-order valence-electron chi connectivity index (χ1n) is 6.38. The quantitative estimate of drug-likeness (QED) is 0.616. The average molecular weight is 254 g/mol. The molecule has 2 heteroatoms. The summed E-state index contributed by atoms with van der Waals surface area (Å²) >= 11 is 0. The third kappa shape index (κ3) is 3.44. The SMILES string of the molecule is Cc1cc(C)c(C)c(OC(=O)Cc2ccccc2)c1. The van der Waals surface area contributed by atoms with Crippen molar-refractivity contribution in [3.8, 4) is 5.75 Å². The molecule has 98 valence electrons. The molecule has 0 aliphatic heterocycles. The van der Waals surface area contributed by atoms with Crippen molar-refractivity contribution < 1.29 is 9.53 Å². The van der Waals surface area contributed by atoms with E-state index in [0.29, 0.717) is 12.2 Å². The first-order chi connectivity index (χ1) is 9.06. The van der Waals surface area contributed by atoms with Gasteiger partial charge in [-0.2, -0.15) is 0 Å². The van der Waals surface area contributed by atoms with E-state index in [0.717, 1.165) is 22.3 Å². The molecule has 0 heterocycles. The minimum absolute atomic E-state index is 0.223. The van der Waals surface area contributed by atoms with E-state index in [9.17, 15) is 4.79 Å². The van der Waals surface area contributed by atoms with Crippen molar-refractivity contribution in [3.05, 3.63) is 64.7 Å². The molecule has 0 amide bonds. The molecule has 0 saturated heterocycles. The highest BCUT2D eigenvalue weighted by Crippen LogP contribution is 2.23. The minimum atomic E-state index is -0.223. The largest absolute Gasteiger partial charge is 0.426 e. The molecule has 0 spiro atoms. The number of hydrogen-bond donors (Lipinski definition) is 0. The van der Waals surface area contributed by atoms with Gasteiger partial charge in [0.25, 0.3) is 0 Å². The predicted molar refractivity (Wildman–Crippen MR) is 76.4 cm³/mol. The lowest BCUT2D eigenvalue weighted by Crippen LogP contribution is -2.12. The Labute approximate surface area is 114 Å². The fraction of sp³-hybridized carbons (Fsp3) is 0.235. The maximum atomic E-state index is 11.9. The van der Waals surface area contributed by atoms with Gasteiger partial charge in [0.2, 0.25) is 0 Å². The van der Waals surface area contributed by atoms with Crippen LogP contribution in [0.3, 0.4) is 0 Å². The summed E-state index contributed by atoms with van der Waals surface area (Å²) in [6.45, 7) is 6.00. The lowest BCUT2D eigenvalue weighted by molar-refractivity contribution is -0.133. The Morgan fingerprint density at radius 3 is 2.42 bits per heavy atom. The van der Waals surface area contributed by atoms with Crippen LogP contribution in [0.5, 0.6) is 5.75 Å². The minimum Gasteiger partial charge on any atom is -0.426 e. The van der Waals surface area contributed by atoms with Gasteiger partial charge < -0.3 is 4.74 Å². The van der Waals surface area contributed by atoms with Crippen LogP contribution >= 0.6 is 0 Å². The zero-order valence-electron chi connectivity index (χ0n) is 11.6. The summed E-state index contributed by atoms with van der Waals surface area (Å²) in [5.74, 6) is 0.442. The van der Waals surface area contributed by atoms with Gasteiger partial charge in [-0.25, -0.2) is 0 Å². The fourth-order valence-corrected chi connectivity index (χ4v) is 2.03. The van der Waals surface area contributed by atoms with Crippen LogP contribution in [-0.4, -0.2) is 5.97 Å². The number of aryl methyl sites for hydroxylation is 2. The Morgan fingerprint density at radius 2 is 1.74 bits per heavy atom. The Bertz CT molecular complexity index is 586. The Kier molecular flexibility index (Phi) is 4.00. The fourth-order valence-electron chi connectivity index (χ4n) is 2.03. The standard InChI is InChI=1S/C17H18O2/c1-12-9-13(2)14(3)16(10-12)19-17(18)11-15-7-5-4-6-8-15/h4-10H,11H2,1-3H3. The third-order valence-electron chi connectivity index (χ3n) is 3.18. The molecule has 2 aromatic rings. The van der Waals surface area contributed by atoms with Crippen LogP contribution in [0.2, 0.25) is 0 Å². The van der Waals surface area contributed by atoms with Crippen LogP contribution in [0.1, 0.15) is 22.3 Å². The van der Waals surface area contributed by atoms with Crippen LogP contribution in [0, 0.1) is 20.8 Å². The van der Waals surface area contributed by atoms with Crippen LogP contribution in [0.4, 0.5) is 0 Å². The summed E-state index contributed by atoms with van der Waals surface area (Å²) in [7, 11) is 0. The second-order valence-corrected chi connectivity index (χ2v) is 4.84. The topological polar surface area (TPSA) is 26.3 Å². The van der Waals surface area contributed by atoms with Crippen LogP contribution < -0.4 is 4.74 Å². The highest BCUT2D eigenvalue weighted by molar-refractivity contribution is 5.75. The van der Waals surface area contributed by atoms with Gasteiger partial charge in [0.05, 0.1) is 6.42 Å². The first kappa shape index (κ1) is 13.3. The maximum absolute atomic E-state index is 11.9. The lowest BCUT2D eigenvalue weighted by Gasteiger charge is -2.11. The molecule has 0 fully saturated rings. The molecule has 2 aromatic carbocycles. The van der Waals surface area contributed by atoms with Gasteiger partial charge in [-0.15, -0.1) is 0 Å². The molecule has 2 nitrogen and oxygen atoms in total. The Morgan fingerprint density at radius 1 is 1.05 bits per heavy atom. The van der Waals surface area contributed by atoms with Gasteiger partial charge in [0.15, 0.2) is 0 Å². The molecule has 0 N–H and O–H groups in total. The molecule has 0 radical (unpaired) electrons. The highest BCUT2D eigenvalue weighted by atomic mass is 16.5. The van der Waals surface area contributed by atoms with Gasteiger partial charge in [-0.05, 0) is 49.1 Å². The molecule has 0 saturated carbocycles. The molecule has 0 unspecified atom stereocenters. The summed E-state index contributed by atoms with van der Waals surface area (Å²) in [4.78, 5) is 11.9. The van der Waals surface area contributed by atoms with Crippen molar-refractivity contribution in [2.24, 2.45) is 0 Å². The first-order valence-corrected chi connectivity index (χ1v) is 6.38. The van der Waals surface area contributed by atoms with Gasteiger partial charge >= 0.3 is 5.97 Å². The molecule has 2 rings (SSSR count). The highest BCUT2D eigenvalue weighted by Gasteiger charge is 2.10. The van der Waals surface area contributed by atoms with E-state index in [-0.39, 0.29) is 5.97 Å². The van der Waals surface area contributed by atoms with E-state index in [1.165, 1.54) is 0 Å². The molecular formula is C17H18O2. The second kappa shape index (κ2) is 5.70. The van der Waals surface area contributed by atoms with E-state index in [4.69, 9.17) is 4.74 Å². The van der Waals surface area contributed by atoms with Gasteiger partial charge in [-0.3, -0.25) is 4.79 Å². The van der Waals surface area contributed by atoms with Crippen LogP contribution in [-0.2, 0) is 11.2 Å². The van der Waals surface area contributed by atoms with Gasteiger partial charge in [0, 0.05) is 0 Å². The molecular weight excluding hydrogens is 236 g/mol. The maximum Gasteiger partial charge on any atom is 0.315 e. The van der Waals surface area contributed by atoms with Crippen molar-refractivity contribution in [2.75, 3.05) is 0 Å². The predicted octanol–water partition coefficient (Wildman–Crippen LogP) is 3.76. The third-order valence-corrected chi connectivity index (χ3v) is 3.18. The van der Waals surface area contributed by atoms with E-state index in [1.54, 1.807) is 0 Å². The summed E-state index contributed by atoms with van der Waals surface area (Å²) < 4.78 is 5.47. The van der Waals surface area contributed by atoms with Crippen molar-refractivity contribution in [1.29, 1.82) is 0 Å².